The Bertz CT molecular complexity index is 1190. The fourth-order valence-electron chi connectivity index (χ4n) is 4.27. The van der Waals surface area contributed by atoms with E-state index in [1.165, 1.54) is 6.07 Å². The highest BCUT2D eigenvalue weighted by atomic mass is 16.6. The smallest absolute Gasteiger partial charge is 0.414 e. The van der Waals surface area contributed by atoms with Crippen LogP contribution in [0.15, 0.2) is 59.1 Å². The summed E-state index contributed by atoms with van der Waals surface area (Å²) in [4.78, 5) is 35.3. The van der Waals surface area contributed by atoms with Crippen LogP contribution in [-0.2, 0) is 9.53 Å². The lowest BCUT2D eigenvalue weighted by Crippen LogP contribution is -2.26. The van der Waals surface area contributed by atoms with Crippen LogP contribution in [0.3, 0.4) is 0 Å². The van der Waals surface area contributed by atoms with E-state index >= 15 is 0 Å². The Hall–Kier alpha value is -4.14. The summed E-state index contributed by atoms with van der Waals surface area (Å²) in [5, 5.41) is 17.6. The molecule has 0 bridgehead atoms. The number of amides is 2. The topological polar surface area (TPSA) is 131 Å². The Labute approximate surface area is 188 Å². The normalized spacial score (nSPS) is 18.2. The number of nitrogens with zero attached hydrogens (tertiary/aromatic N) is 1. The van der Waals surface area contributed by atoms with Gasteiger partial charge in [-0.1, -0.05) is 53.7 Å². The zero-order valence-electron chi connectivity index (χ0n) is 17.5. The molecule has 0 radical (unpaired) electrons. The number of anilines is 1. The van der Waals surface area contributed by atoms with Crippen molar-refractivity contribution in [2.75, 3.05) is 18.5 Å². The summed E-state index contributed by atoms with van der Waals surface area (Å²) in [6, 6.07) is 17.4. The average Bonchev–Trinajstić information content (AvgIpc) is 3.35. The standard InChI is InChI=1S/C24H21N3O6/c28-22(25-11-13-9-18(13)23(29)30)20-10-21(33-27-20)26-24(31)32-12-19-16-7-3-1-5-14(16)15-6-2-4-8-17(15)19/h1-8,10,13,18-19H,9,11-12H2,(H,25,28)(H,26,31)(H,29,30)/t13-,18-/m0/s1. The van der Waals surface area contributed by atoms with E-state index in [2.05, 4.69) is 27.9 Å². The van der Waals surface area contributed by atoms with E-state index in [-0.39, 0.29) is 36.6 Å². The Kier molecular flexibility index (Phi) is 5.29. The number of carbonyl (C=O) groups excluding carboxylic acids is 2. The van der Waals surface area contributed by atoms with Crippen molar-refractivity contribution in [3.05, 3.63) is 71.4 Å². The van der Waals surface area contributed by atoms with Crippen LogP contribution in [0.2, 0.25) is 0 Å². The van der Waals surface area contributed by atoms with E-state index in [9.17, 15) is 14.4 Å². The van der Waals surface area contributed by atoms with E-state index < -0.39 is 23.9 Å². The molecule has 33 heavy (non-hydrogen) atoms. The van der Waals surface area contributed by atoms with Crippen molar-refractivity contribution in [2.45, 2.75) is 12.3 Å². The summed E-state index contributed by atoms with van der Waals surface area (Å²) in [5.74, 6) is -1.94. The largest absolute Gasteiger partial charge is 0.481 e. The summed E-state index contributed by atoms with van der Waals surface area (Å²) in [6.07, 6.45) is -0.175. The van der Waals surface area contributed by atoms with Gasteiger partial charge in [0.25, 0.3) is 5.91 Å². The van der Waals surface area contributed by atoms with Gasteiger partial charge in [-0.15, -0.1) is 0 Å². The molecule has 2 amide bonds. The third-order valence-electron chi connectivity index (χ3n) is 6.08. The number of rotatable bonds is 7. The number of carbonyl (C=O) groups is 3. The number of nitrogens with one attached hydrogen (secondary N) is 2. The van der Waals surface area contributed by atoms with Gasteiger partial charge >= 0.3 is 12.1 Å². The fraction of sp³-hybridized carbons (Fsp3) is 0.250. The number of hydrogen-bond donors (Lipinski definition) is 3. The Morgan fingerprint density at radius 2 is 1.73 bits per heavy atom. The van der Waals surface area contributed by atoms with Crippen LogP contribution in [0.4, 0.5) is 10.7 Å². The minimum Gasteiger partial charge on any atom is -0.481 e. The molecule has 3 N–H and O–H groups in total. The van der Waals surface area contributed by atoms with E-state index in [4.69, 9.17) is 14.4 Å². The molecule has 1 heterocycles. The first kappa shape index (κ1) is 20.7. The van der Waals surface area contributed by atoms with Crippen LogP contribution >= 0.6 is 0 Å². The number of carboxylic acid groups (broad SMARTS) is 1. The highest BCUT2D eigenvalue weighted by molar-refractivity contribution is 5.94. The molecular formula is C24H21N3O6. The van der Waals surface area contributed by atoms with Crippen LogP contribution in [-0.4, -0.2) is 41.4 Å². The SMILES string of the molecule is O=C(Nc1cc(C(=O)NC[C@@H]2C[C@@H]2C(=O)O)no1)OCC1c2ccccc2-c2ccccc21. The Morgan fingerprint density at radius 3 is 2.36 bits per heavy atom. The summed E-state index contributed by atoms with van der Waals surface area (Å²) in [7, 11) is 0. The summed E-state index contributed by atoms with van der Waals surface area (Å²) in [6.45, 7) is 0.394. The van der Waals surface area contributed by atoms with Gasteiger partial charge in [-0.3, -0.25) is 14.9 Å². The van der Waals surface area contributed by atoms with E-state index in [1.807, 2.05) is 36.4 Å². The lowest BCUT2D eigenvalue weighted by Gasteiger charge is -2.13. The van der Waals surface area contributed by atoms with Gasteiger partial charge < -0.3 is 19.7 Å². The van der Waals surface area contributed by atoms with Crippen molar-refractivity contribution in [1.29, 1.82) is 0 Å². The number of aliphatic carboxylic acids is 1. The highest BCUT2D eigenvalue weighted by Crippen LogP contribution is 2.44. The summed E-state index contributed by atoms with van der Waals surface area (Å²) in [5.41, 5.74) is 4.45. The van der Waals surface area contributed by atoms with Crippen molar-refractivity contribution in [1.82, 2.24) is 10.5 Å². The molecule has 2 aromatic carbocycles. The zero-order valence-corrected chi connectivity index (χ0v) is 17.5. The second-order valence-corrected chi connectivity index (χ2v) is 8.18. The summed E-state index contributed by atoms with van der Waals surface area (Å²) < 4.78 is 10.4. The molecule has 5 rings (SSSR count). The molecule has 9 heteroatoms. The van der Waals surface area contributed by atoms with Gasteiger partial charge in [-0.25, -0.2) is 4.79 Å². The van der Waals surface area contributed by atoms with E-state index in [1.54, 1.807) is 0 Å². The minimum absolute atomic E-state index is 0.0172. The van der Waals surface area contributed by atoms with Crippen molar-refractivity contribution in [2.24, 2.45) is 11.8 Å². The molecule has 1 fully saturated rings. The maximum atomic E-state index is 12.3. The average molecular weight is 447 g/mol. The van der Waals surface area contributed by atoms with Crippen molar-refractivity contribution < 1.29 is 28.8 Å². The molecule has 1 aromatic heterocycles. The van der Waals surface area contributed by atoms with Gasteiger partial charge in [0.1, 0.15) is 6.61 Å². The molecular weight excluding hydrogens is 426 g/mol. The minimum atomic E-state index is -0.856. The van der Waals surface area contributed by atoms with Gasteiger partial charge in [0.2, 0.25) is 5.88 Å². The lowest BCUT2D eigenvalue weighted by molar-refractivity contribution is -0.138. The quantitative estimate of drug-likeness (QED) is 0.505. The maximum absolute atomic E-state index is 12.3. The number of benzene rings is 2. The third-order valence-corrected chi connectivity index (χ3v) is 6.08. The third kappa shape index (κ3) is 4.17. The Balaban J connectivity index is 1.15. The molecule has 1 saturated carbocycles. The first-order valence-electron chi connectivity index (χ1n) is 10.6. The molecule has 9 nitrogen and oxygen atoms in total. The van der Waals surface area contributed by atoms with Gasteiger partial charge in [0.05, 0.1) is 5.92 Å². The van der Waals surface area contributed by atoms with Crippen molar-refractivity contribution in [3.8, 4) is 11.1 Å². The number of fused-ring (bicyclic) bond motifs is 3. The maximum Gasteiger partial charge on any atom is 0.414 e. The fourth-order valence-corrected chi connectivity index (χ4v) is 4.27. The van der Waals surface area contributed by atoms with Gasteiger partial charge in [-0.2, -0.15) is 0 Å². The molecule has 2 atom stereocenters. The number of ether oxygens (including phenoxy) is 1. The molecule has 0 aliphatic heterocycles. The predicted octanol–water partition coefficient (Wildman–Crippen LogP) is 3.49. The molecule has 2 aliphatic rings. The van der Waals surface area contributed by atoms with Crippen LogP contribution in [0.1, 0.15) is 34.0 Å². The monoisotopic (exact) mass is 447 g/mol. The zero-order chi connectivity index (χ0) is 22.9. The Morgan fingerprint density at radius 1 is 1.06 bits per heavy atom. The molecule has 168 valence electrons. The van der Waals surface area contributed by atoms with E-state index in [0.29, 0.717) is 6.42 Å². The predicted molar refractivity (Wildman–Crippen MR) is 117 cm³/mol. The molecule has 2 aliphatic carbocycles. The molecule has 0 spiro atoms. The van der Waals surface area contributed by atoms with E-state index in [0.717, 1.165) is 22.3 Å². The van der Waals surface area contributed by atoms with Crippen molar-refractivity contribution in [3.63, 3.8) is 0 Å². The first-order chi connectivity index (χ1) is 16.0. The number of aromatic nitrogens is 1. The van der Waals surface area contributed by atoms with Gasteiger partial charge in [0, 0.05) is 18.5 Å². The molecule has 0 saturated heterocycles. The number of hydrogen-bond acceptors (Lipinski definition) is 6. The van der Waals surface area contributed by atoms with Crippen LogP contribution in [0, 0.1) is 11.8 Å². The second kappa shape index (κ2) is 8.42. The van der Waals surface area contributed by atoms with Gasteiger partial charge in [-0.05, 0) is 34.6 Å². The molecule has 3 aromatic rings. The first-order valence-corrected chi connectivity index (χ1v) is 10.6. The highest BCUT2D eigenvalue weighted by Gasteiger charge is 2.43. The van der Waals surface area contributed by atoms with Crippen LogP contribution < -0.4 is 10.6 Å². The number of carboxylic acids is 1. The van der Waals surface area contributed by atoms with Crippen molar-refractivity contribution >= 4 is 23.9 Å². The van der Waals surface area contributed by atoms with Crippen LogP contribution in [0.25, 0.3) is 11.1 Å². The molecule has 0 unspecified atom stereocenters. The lowest BCUT2D eigenvalue weighted by atomic mass is 9.98. The van der Waals surface area contributed by atoms with Gasteiger partial charge in [0.15, 0.2) is 5.69 Å². The second-order valence-electron chi connectivity index (χ2n) is 8.18. The summed E-state index contributed by atoms with van der Waals surface area (Å²) >= 11 is 0. The van der Waals surface area contributed by atoms with Crippen LogP contribution in [0.5, 0.6) is 0 Å².